The van der Waals surface area contributed by atoms with E-state index >= 15 is 0 Å². The number of anilines is 1. The summed E-state index contributed by atoms with van der Waals surface area (Å²) in [4.78, 5) is 10.9. The van der Waals surface area contributed by atoms with Crippen molar-refractivity contribution in [2.75, 3.05) is 23.4 Å². The van der Waals surface area contributed by atoms with Gasteiger partial charge >= 0.3 is 0 Å². The van der Waals surface area contributed by atoms with Gasteiger partial charge in [-0.1, -0.05) is 13.8 Å². The second-order valence-corrected chi connectivity index (χ2v) is 8.60. The van der Waals surface area contributed by atoms with Gasteiger partial charge in [0.1, 0.15) is 16.5 Å². The predicted octanol–water partition coefficient (Wildman–Crippen LogP) is 4.81. The van der Waals surface area contributed by atoms with E-state index in [9.17, 15) is 0 Å². The predicted molar refractivity (Wildman–Crippen MR) is 97.9 cm³/mol. The van der Waals surface area contributed by atoms with Crippen molar-refractivity contribution in [3.8, 4) is 0 Å². The molecule has 6 heteroatoms. The highest BCUT2D eigenvalue weighted by Gasteiger charge is 2.29. The van der Waals surface area contributed by atoms with E-state index < -0.39 is 0 Å². The van der Waals surface area contributed by atoms with Crippen LogP contribution in [0, 0.1) is 0 Å². The molecule has 1 fully saturated rings. The summed E-state index contributed by atoms with van der Waals surface area (Å²) in [5, 5.41) is 7.82. The molecule has 0 amide bonds. The summed E-state index contributed by atoms with van der Waals surface area (Å²) in [6.45, 7) is 5.42. The molecular weight excluding hydrogens is 318 g/mol. The third kappa shape index (κ3) is 3.32. The summed E-state index contributed by atoms with van der Waals surface area (Å²) < 4.78 is 0. The van der Waals surface area contributed by atoms with E-state index in [1.54, 1.807) is 11.3 Å². The highest BCUT2D eigenvalue weighted by atomic mass is 32.2. The van der Waals surface area contributed by atoms with E-state index in [2.05, 4.69) is 42.4 Å². The van der Waals surface area contributed by atoms with Crippen molar-refractivity contribution in [1.82, 2.24) is 9.97 Å². The van der Waals surface area contributed by atoms with Crippen LogP contribution in [-0.4, -0.2) is 33.3 Å². The molecule has 114 valence electrons. The first-order chi connectivity index (χ1) is 10.3. The molecule has 1 saturated heterocycles. The van der Waals surface area contributed by atoms with Crippen LogP contribution in [0.5, 0.6) is 0 Å². The van der Waals surface area contributed by atoms with Crippen LogP contribution in [0.15, 0.2) is 11.4 Å². The molecule has 3 nitrogen and oxygen atoms in total. The smallest absolute Gasteiger partial charge is 0.146 e. The van der Waals surface area contributed by atoms with Crippen molar-refractivity contribution in [3.05, 3.63) is 17.3 Å². The number of aromatic nitrogens is 2. The van der Waals surface area contributed by atoms with Gasteiger partial charge in [-0.05, 0) is 24.3 Å². The highest BCUT2D eigenvalue weighted by molar-refractivity contribution is 8.06. The lowest BCUT2D eigenvalue weighted by atomic mass is 10.2. The van der Waals surface area contributed by atoms with Crippen molar-refractivity contribution in [2.45, 2.75) is 37.2 Å². The molecule has 0 aliphatic carbocycles. The van der Waals surface area contributed by atoms with Crippen LogP contribution in [0.25, 0.3) is 10.2 Å². The largest absolute Gasteiger partial charge is 0.369 e. The van der Waals surface area contributed by atoms with Gasteiger partial charge in [-0.15, -0.1) is 23.1 Å². The molecule has 0 saturated carbocycles. The third-order valence-electron chi connectivity index (χ3n) is 3.59. The van der Waals surface area contributed by atoms with E-state index in [0.717, 1.165) is 29.4 Å². The molecule has 0 radical (unpaired) electrons. The van der Waals surface area contributed by atoms with Gasteiger partial charge in [0.2, 0.25) is 0 Å². The first-order valence-electron chi connectivity index (χ1n) is 7.55. The molecule has 3 rings (SSSR count). The van der Waals surface area contributed by atoms with Gasteiger partial charge in [0.15, 0.2) is 0 Å². The van der Waals surface area contributed by atoms with Crippen molar-refractivity contribution >= 4 is 50.9 Å². The Bertz CT molecular complexity index is 599. The highest BCUT2D eigenvalue weighted by Crippen LogP contribution is 2.43. The van der Waals surface area contributed by atoms with Crippen LogP contribution in [0.2, 0.25) is 0 Å². The lowest BCUT2D eigenvalue weighted by Crippen LogP contribution is -2.21. The van der Waals surface area contributed by atoms with Gasteiger partial charge in [-0.2, -0.15) is 11.8 Å². The van der Waals surface area contributed by atoms with E-state index in [0.29, 0.717) is 10.5 Å². The number of thioether (sulfide) groups is 2. The summed E-state index contributed by atoms with van der Waals surface area (Å²) in [5.41, 5.74) is 0. The first-order valence-corrected chi connectivity index (χ1v) is 10.5. The van der Waals surface area contributed by atoms with E-state index in [1.165, 1.54) is 23.3 Å². The summed E-state index contributed by atoms with van der Waals surface area (Å²) in [6.07, 6.45) is 2.29. The van der Waals surface area contributed by atoms with Crippen LogP contribution < -0.4 is 5.32 Å². The normalized spacial score (nSPS) is 22.6. The standard InChI is InChI=1S/C15H21N3S3/c1-3-6-16-13-10-5-7-21-15(10)18-14(17-13)12-11(4-2)19-8-9-20-12/h5,7,11-12H,3-4,6,8-9H2,1-2H3,(H,16,17,18). The maximum atomic E-state index is 4.88. The Morgan fingerprint density at radius 1 is 1.24 bits per heavy atom. The molecule has 2 atom stereocenters. The monoisotopic (exact) mass is 339 g/mol. The van der Waals surface area contributed by atoms with Crippen LogP contribution in [0.1, 0.15) is 37.8 Å². The number of nitrogens with one attached hydrogen (secondary N) is 1. The van der Waals surface area contributed by atoms with Crippen molar-refractivity contribution in [3.63, 3.8) is 0 Å². The summed E-state index contributed by atoms with van der Waals surface area (Å²) >= 11 is 5.82. The average molecular weight is 340 g/mol. The van der Waals surface area contributed by atoms with Crippen LogP contribution >= 0.6 is 34.9 Å². The minimum absolute atomic E-state index is 0.433. The Kier molecular flexibility index (Phi) is 5.29. The second-order valence-electron chi connectivity index (χ2n) is 5.11. The van der Waals surface area contributed by atoms with Crippen LogP contribution in [0.3, 0.4) is 0 Å². The molecule has 0 aromatic carbocycles. The molecule has 2 unspecified atom stereocenters. The second kappa shape index (κ2) is 7.20. The number of fused-ring (bicyclic) bond motifs is 1. The lowest BCUT2D eigenvalue weighted by molar-refractivity contribution is 0.755. The van der Waals surface area contributed by atoms with Gasteiger partial charge in [-0.3, -0.25) is 0 Å². The zero-order chi connectivity index (χ0) is 14.7. The minimum Gasteiger partial charge on any atom is -0.369 e. The fourth-order valence-corrected chi connectivity index (χ4v) is 6.28. The molecule has 2 aromatic rings. The lowest BCUT2D eigenvalue weighted by Gasteiger charge is -2.29. The Morgan fingerprint density at radius 2 is 2.10 bits per heavy atom. The average Bonchev–Trinajstić information content (AvgIpc) is 3.01. The van der Waals surface area contributed by atoms with Gasteiger partial charge in [0, 0.05) is 23.3 Å². The quantitative estimate of drug-likeness (QED) is 0.846. The zero-order valence-electron chi connectivity index (χ0n) is 12.5. The number of thiophene rings is 1. The molecule has 3 heterocycles. The van der Waals surface area contributed by atoms with Crippen molar-refractivity contribution in [2.24, 2.45) is 0 Å². The van der Waals surface area contributed by atoms with Crippen LogP contribution in [0.4, 0.5) is 5.82 Å². The van der Waals surface area contributed by atoms with Gasteiger partial charge in [0.25, 0.3) is 0 Å². The summed E-state index contributed by atoms with van der Waals surface area (Å²) in [7, 11) is 0. The number of hydrogen-bond donors (Lipinski definition) is 1. The van der Waals surface area contributed by atoms with Gasteiger partial charge in [-0.25, -0.2) is 9.97 Å². The molecule has 0 bridgehead atoms. The molecule has 0 spiro atoms. The zero-order valence-corrected chi connectivity index (χ0v) is 14.9. The first kappa shape index (κ1) is 15.4. The van der Waals surface area contributed by atoms with Gasteiger partial charge < -0.3 is 5.32 Å². The van der Waals surface area contributed by atoms with E-state index in [1.807, 2.05) is 11.8 Å². The summed E-state index contributed by atoms with van der Waals surface area (Å²) in [6, 6.07) is 2.13. The van der Waals surface area contributed by atoms with E-state index in [-0.39, 0.29) is 0 Å². The number of rotatable bonds is 5. The topological polar surface area (TPSA) is 37.8 Å². The number of nitrogens with zero attached hydrogens (tertiary/aromatic N) is 2. The summed E-state index contributed by atoms with van der Waals surface area (Å²) in [5.74, 6) is 4.49. The van der Waals surface area contributed by atoms with Gasteiger partial charge in [0.05, 0.1) is 10.6 Å². The molecule has 2 aromatic heterocycles. The molecular formula is C15H21N3S3. The Labute approximate surface area is 138 Å². The maximum Gasteiger partial charge on any atom is 0.146 e. The Morgan fingerprint density at radius 3 is 2.90 bits per heavy atom. The van der Waals surface area contributed by atoms with Crippen molar-refractivity contribution in [1.29, 1.82) is 0 Å². The SMILES string of the molecule is CCCNc1nc(C2SCCSC2CC)nc2sccc12. The maximum absolute atomic E-state index is 4.88. The fraction of sp³-hybridized carbons (Fsp3) is 0.600. The Balaban J connectivity index is 1.97. The van der Waals surface area contributed by atoms with Crippen molar-refractivity contribution < 1.29 is 0 Å². The Hall–Kier alpha value is -0.460. The molecule has 1 aliphatic heterocycles. The number of hydrogen-bond acceptors (Lipinski definition) is 6. The fourth-order valence-electron chi connectivity index (χ4n) is 2.52. The molecule has 1 aliphatic rings. The van der Waals surface area contributed by atoms with E-state index in [4.69, 9.17) is 9.97 Å². The third-order valence-corrected chi connectivity index (χ3v) is 7.64. The van der Waals surface area contributed by atoms with Crippen LogP contribution in [-0.2, 0) is 0 Å². The molecule has 1 N–H and O–H groups in total. The minimum atomic E-state index is 0.433. The molecule has 21 heavy (non-hydrogen) atoms.